The highest BCUT2D eigenvalue weighted by atomic mass is 32.2. The van der Waals surface area contributed by atoms with Crippen molar-refractivity contribution in [1.82, 2.24) is 0 Å². The van der Waals surface area contributed by atoms with E-state index < -0.39 is 5.97 Å². The number of carboxylic acid groups (broad SMARTS) is 1. The Labute approximate surface area is 146 Å². The fourth-order valence-corrected chi connectivity index (χ4v) is 4.03. The normalized spacial score (nSPS) is 21.3. The lowest BCUT2D eigenvalue weighted by molar-refractivity contribution is -0.137. The maximum absolute atomic E-state index is 10.4. The van der Waals surface area contributed by atoms with Crippen molar-refractivity contribution in [2.75, 3.05) is 24.7 Å². The van der Waals surface area contributed by atoms with Crippen LogP contribution in [0.25, 0.3) is 0 Å². The fraction of sp³-hybridized carbons (Fsp3) is 0.842. The molecule has 1 N–H and O–H groups in total. The Morgan fingerprint density at radius 2 is 1.96 bits per heavy atom. The molecule has 0 bridgehead atoms. The standard InChI is InChI=1S/C19H34O3S/c1-2-3-4-9-13-23-14-12-18-16-22-15-17(18)10-7-5-6-8-11-19(20)21/h5,7,17-18H,2-4,6,8-16H2,1H3,(H,20,21)/t17-,18+/m0/s1. The van der Waals surface area contributed by atoms with Crippen LogP contribution >= 0.6 is 11.8 Å². The van der Waals surface area contributed by atoms with Gasteiger partial charge in [0, 0.05) is 13.0 Å². The monoisotopic (exact) mass is 342 g/mol. The number of ether oxygens (including phenoxy) is 1. The van der Waals surface area contributed by atoms with Gasteiger partial charge in [-0.2, -0.15) is 11.8 Å². The molecule has 0 amide bonds. The molecular weight excluding hydrogens is 308 g/mol. The van der Waals surface area contributed by atoms with E-state index in [0.717, 1.165) is 32.5 Å². The number of thioether (sulfide) groups is 1. The minimum atomic E-state index is -0.699. The quantitative estimate of drug-likeness (QED) is 0.350. The highest BCUT2D eigenvalue weighted by molar-refractivity contribution is 7.99. The molecule has 1 saturated heterocycles. The van der Waals surface area contributed by atoms with Crippen LogP contribution in [0.2, 0.25) is 0 Å². The summed E-state index contributed by atoms with van der Waals surface area (Å²) in [5, 5.41) is 8.60. The van der Waals surface area contributed by atoms with Crippen LogP contribution < -0.4 is 0 Å². The number of allylic oxidation sites excluding steroid dienone is 2. The molecule has 2 atom stereocenters. The third-order valence-electron chi connectivity index (χ3n) is 4.47. The summed E-state index contributed by atoms with van der Waals surface area (Å²) in [4.78, 5) is 10.4. The molecule has 1 heterocycles. The molecule has 134 valence electrons. The Morgan fingerprint density at radius 1 is 1.13 bits per heavy atom. The van der Waals surface area contributed by atoms with E-state index in [9.17, 15) is 4.79 Å². The molecule has 0 saturated carbocycles. The first-order valence-electron chi connectivity index (χ1n) is 9.26. The summed E-state index contributed by atoms with van der Waals surface area (Å²) in [6.07, 6.45) is 14.0. The average Bonchev–Trinajstić information content (AvgIpc) is 2.97. The number of carboxylic acids is 1. The summed E-state index contributed by atoms with van der Waals surface area (Å²) in [5.41, 5.74) is 0. The lowest BCUT2D eigenvalue weighted by Crippen LogP contribution is -2.12. The molecule has 4 heteroatoms. The highest BCUT2D eigenvalue weighted by Gasteiger charge is 2.26. The van der Waals surface area contributed by atoms with Crippen molar-refractivity contribution >= 4 is 17.7 Å². The van der Waals surface area contributed by atoms with E-state index in [2.05, 4.69) is 30.8 Å². The zero-order valence-corrected chi connectivity index (χ0v) is 15.5. The van der Waals surface area contributed by atoms with Crippen molar-refractivity contribution in [1.29, 1.82) is 0 Å². The Bertz CT molecular complexity index is 331. The highest BCUT2D eigenvalue weighted by Crippen LogP contribution is 2.28. The number of rotatable bonds is 14. The van der Waals surface area contributed by atoms with Gasteiger partial charge in [0.15, 0.2) is 0 Å². The fourth-order valence-electron chi connectivity index (χ4n) is 2.95. The first-order chi connectivity index (χ1) is 11.2. The lowest BCUT2D eigenvalue weighted by Gasteiger charge is -2.15. The maximum atomic E-state index is 10.4. The first-order valence-corrected chi connectivity index (χ1v) is 10.4. The molecule has 1 fully saturated rings. The first kappa shape index (κ1) is 20.6. The molecule has 0 radical (unpaired) electrons. The van der Waals surface area contributed by atoms with Crippen molar-refractivity contribution < 1.29 is 14.6 Å². The van der Waals surface area contributed by atoms with Crippen molar-refractivity contribution in [3.63, 3.8) is 0 Å². The summed E-state index contributed by atoms with van der Waals surface area (Å²) in [6, 6.07) is 0. The lowest BCUT2D eigenvalue weighted by atomic mass is 9.90. The molecule has 0 aliphatic carbocycles. The van der Waals surface area contributed by atoms with E-state index in [1.165, 1.54) is 43.6 Å². The van der Waals surface area contributed by atoms with Crippen molar-refractivity contribution in [3.05, 3.63) is 12.2 Å². The zero-order valence-electron chi connectivity index (χ0n) is 14.7. The zero-order chi connectivity index (χ0) is 16.8. The Hall–Kier alpha value is -0.480. The smallest absolute Gasteiger partial charge is 0.303 e. The topological polar surface area (TPSA) is 46.5 Å². The predicted octanol–water partition coefficient (Wildman–Crippen LogP) is 5.15. The third kappa shape index (κ3) is 10.8. The minimum absolute atomic E-state index is 0.273. The summed E-state index contributed by atoms with van der Waals surface area (Å²) < 4.78 is 5.67. The number of carbonyl (C=O) groups is 1. The van der Waals surface area contributed by atoms with Crippen molar-refractivity contribution in [2.45, 2.75) is 64.7 Å². The van der Waals surface area contributed by atoms with Crippen LogP contribution in [0.5, 0.6) is 0 Å². The molecule has 0 aromatic heterocycles. The van der Waals surface area contributed by atoms with Gasteiger partial charge in [-0.05, 0) is 55.4 Å². The second-order valence-electron chi connectivity index (χ2n) is 6.51. The summed E-state index contributed by atoms with van der Waals surface area (Å²) >= 11 is 2.10. The molecule has 23 heavy (non-hydrogen) atoms. The second kappa shape index (κ2) is 13.9. The number of unbranched alkanes of at least 4 members (excludes halogenated alkanes) is 4. The van der Waals surface area contributed by atoms with E-state index in [4.69, 9.17) is 9.84 Å². The van der Waals surface area contributed by atoms with Gasteiger partial charge in [-0.15, -0.1) is 0 Å². The summed E-state index contributed by atoms with van der Waals surface area (Å²) in [6.45, 7) is 4.08. The predicted molar refractivity (Wildman–Crippen MR) is 99.1 cm³/mol. The Morgan fingerprint density at radius 3 is 2.74 bits per heavy atom. The van der Waals surface area contributed by atoms with E-state index in [1.807, 2.05) is 0 Å². The Kier molecular flexibility index (Phi) is 12.4. The van der Waals surface area contributed by atoms with Crippen LogP contribution in [0.3, 0.4) is 0 Å². The summed E-state index contributed by atoms with van der Waals surface area (Å²) in [7, 11) is 0. The van der Waals surface area contributed by atoms with E-state index in [0.29, 0.717) is 11.8 Å². The van der Waals surface area contributed by atoms with Gasteiger partial charge >= 0.3 is 5.97 Å². The third-order valence-corrected chi connectivity index (χ3v) is 5.57. The van der Waals surface area contributed by atoms with E-state index >= 15 is 0 Å². The molecule has 0 aromatic carbocycles. The van der Waals surface area contributed by atoms with Crippen LogP contribution in [0.4, 0.5) is 0 Å². The number of hydrogen-bond donors (Lipinski definition) is 1. The average molecular weight is 343 g/mol. The molecule has 1 aliphatic heterocycles. The largest absolute Gasteiger partial charge is 0.481 e. The van der Waals surface area contributed by atoms with Gasteiger partial charge in [0.25, 0.3) is 0 Å². The van der Waals surface area contributed by atoms with Crippen LogP contribution in [0.15, 0.2) is 12.2 Å². The van der Waals surface area contributed by atoms with Crippen LogP contribution in [-0.4, -0.2) is 35.8 Å². The van der Waals surface area contributed by atoms with Crippen molar-refractivity contribution in [2.24, 2.45) is 11.8 Å². The number of hydrogen-bond acceptors (Lipinski definition) is 3. The molecule has 0 aromatic rings. The van der Waals surface area contributed by atoms with Crippen LogP contribution in [0.1, 0.15) is 64.7 Å². The van der Waals surface area contributed by atoms with Gasteiger partial charge in [-0.3, -0.25) is 4.79 Å². The van der Waals surface area contributed by atoms with Crippen molar-refractivity contribution in [3.8, 4) is 0 Å². The van der Waals surface area contributed by atoms with E-state index in [-0.39, 0.29) is 6.42 Å². The maximum Gasteiger partial charge on any atom is 0.303 e. The van der Waals surface area contributed by atoms with Gasteiger partial charge in [-0.25, -0.2) is 0 Å². The Balaban J connectivity index is 2.04. The summed E-state index contributed by atoms with van der Waals surface area (Å²) in [5.74, 6) is 3.24. The minimum Gasteiger partial charge on any atom is -0.481 e. The van der Waals surface area contributed by atoms with E-state index in [1.54, 1.807) is 0 Å². The van der Waals surface area contributed by atoms with Gasteiger partial charge in [0.05, 0.1) is 6.61 Å². The molecule has 3 nitrogen and oxygen atoms in total. The van der Waals surface area contributed by atoms with Gasteiger partial charge in [0.2, 0.25) is 0 Å². The second-order valence-corrected chi connectivity index (χ2v) is 7.74. The van der Waals surface area contributed by atoms with Gasteiger partial charge in [-0.1, -0.05) is 38.3 Å². The molecule has 0 unspecified atom stereocenters. The SMILES string of the molecule is CCCCCCSCC[C@@H]1COC[C@@H]1CC=CCCCC(=O)O. The molecular formula is C19H34O3S. The molecule has 1 aliphatic rings. The van der Waals surface area contributed by atoms with Crippen LogP contribution in [0, 0.1) is 11.8 Å². The molecule has 1 rings (SSSR count). The number of aliphatic carboxylic acids is 1. The van der Waals surface area contributed by atoms with Gasteiger partial charge in [0.1, 0.15) is 0 Å². The van der Waals surface area contributed by atoms with Gasteiger partial charge < -0.3 is 9.84 Å². The molecule has 0 spiro atoms. The van der Waals surface area contributed by atoms with Crippen LogP contribution in [-0.2, 0) is 9.53 Å².